The molecular weight excluding hydrogens is 382 g/mol. The first-order valence-corrected chi connectivity index (χ1v) is 7.80. The molecule has 0 N–H and O–H groups in total. The van der Waals surface area contributed by atoms with E-state index in [9.17, 15) is 4.79 Å². The second-order valence-electron chi connectivity index (χ2n) is 4.22. The molecule has 3 aromatic rings. The van der Waals surface area contributed by atoms with Crippen molar-refractivity contribution in [2.24, 2.45) is 0 Å². The van der Waals surface area contributed by atoms with Crippen LogP contribution in [0.2, 0.25) is 10.0 Å². The average molecular weight is 390 g/mol. The maximum absolute atomic E-state index is 11.5. The fourth-order valence-corrected chi connectivity index (χ4v) is 2.27. The summed E-state index contributed by atoms with van der Waals surface area (Å²) < 4.78 is 5.08. The molecule has 118 valence electrons. The molecule has 3 rings (SSSR count). The lowest BCUT2D eigenvalue weighted by Gasteiger charge is -2.15. The minimum Gasteiger partial charge on any atom is -0.457 e. The first-order chi connectivity index (χ1) is 10.9. The number of nitrogens with zero attached hydrogens (tertiary/aromatic N) is 2. The van der Waals surface area contributed by atoms with Gasteiger partial charge in [0.25, 0.3) is 5.91 Å². The SMILES string of the molecule is N#CN(C(=O)C(Cl)Cl)c1cccc(Cl)c1Cl.c1cc2ccc1o2. The number of benzene rings is 2. The standard InChI is InChI=1S/C9H4Cl4N2O.C6H4O/c10-5-2-1-3-6(7(5)11)15(4-14)9(16)8(12)13;1-2-6-4-3-5(1)7-6/h1-3,8H;1-4H. The van der Waals surface area contributed by atoms with Crippen LogP contribution in [-0.4, -0.2) is 10.7 Å². The molecule has 0 radical (unpaired) electrons. The maximum Gasteiger partial charge on any atom is 0.273 e. The van der Waals surface area contributed by atoms with Crippen LogP contribution in [0, 0.1) is 11.5 Å². The molecule has 1 aromatic carbocycles. The van der Waals surface area contributed by atoms with Gasteiger partial charge in [0, 0.05) is 0 Å². The third-order valence-corrected chi connectivity index (χ3v) is 3.92. The van der Waals surface area contributed by atoms with Crippen LogP contribution in [0.1, 0.15) is 0 Å². The quantitative estimate of drug-likeness (QED) is 0.331. The van der Waals surface area contributed by atoms with Crippen LogP contribution in [0.4, 0.5) is 5.69 Å². The largest absolute Gasteiger partial charge is 0.457 e. The van der Waals surface area contributed by atoms with E-state index in [1.54, 1.807) is 12.3 Å². The van der Waals surface area contributed by atoms with Crippen molar-refractivity contribution in [2.75, 3.05) is 4.90 Å². The number of amides is 1. The van der Waals surface area contributed by atoms with E-state index in [0.29, 0.717) is 4.90 Å². The highest BCUT2D eigenvalue weighted by Crippen LogP contribution is 2.32. The van der Waals surface area contributed by atoms with E-state index >= 15 is 0 Å². The fourth-order valence-electron chi connectivity index (χ4n) is 1.70. The number of halogens is 4. The van der Waals surface area contributed by atoms with Gasteiger partial charge in [0.15, 0.2) is 11.0 Å². The molecule has 0 aliphatic heterocycles. The van der Waals surface area contributed by atoms with Crippen LogP contribution < -0.4 is 4.90 Å². The zero-order valence-corrected chi connectivity index (χ0v) is 14.4. The van der Waals surface area contributed by atoms with Crippen molar-refractivity contribution in [1.82, 2.24) is 0 Å². The van der Waals surface area contributed by atoms with Gasteiger partial charge in [0.1, 0.15) is 11.2 Å². The summed E-state index contributed by atoms with van der Waals surface area (Å²) in [5.41, 5.74) is 2.08. The minimum atomic E-state index is -1.34. The lowest BCUT2D eigenvalue weighted by Crippen LogP contribution is -2.30. The van der Waals surface area contributed by atoms with E-state index in [4.69, 9.17) is 56.1 Å². The van der Waals surface area contributed by atoms with Gasteiger partial charge in [-0.05, 0) is 36.4 Å². The van der Waals surface area contributed by atoms with E-state index in [2.05, 4.69) is 0 Å². The number of nitriles is 1. The van der Waals surface area contributed by atoms with Gasteiger partial charge < -0.3 is 4.42 Å². The molecule has 0 saturated carbocycles. The summed E-state index contributed by atoms with van der Waals surface area (Å²) in [7, 11) is 0. The molecule has 1 amide bonds. The molecule has 0 aliphatic rings. The Bertz CT molecular complexity index is 796. The van der Waals surface area contributed by atoms with Gasteiger partial charge in [-0.1, -0.05) is 52.5 Å². The third kappa shape index (κ3) is 4.21. The van der Waals surface area contributed by atoms with Gasteiger partial charge in [-0.15, -0.1) is 0 Å². The monoisotopic (exact) mass is 388 g/mol. The molecule has 0 aliphatic carbocycles. The van der Waals surface area contributed by atoms with Gasteiger partial charge in [-0.3, -0.25) is 4.79 Å². The summed E-state index contributed by atoms with van der Waals surface area (Å²) in [5.74, 6) is -0.782. The zero-order chi connectivity index (χ0) is 17.0. The van der Waals surface area contributed by atoms with Gasteiger partial charge >= 0.3 is 0 Å². The number of alkyl halides is 2. The first-order valence-electron chi connectivity index (χ1n) is 6.18. The predicted molar refractivity (Wildman–Crippen MR) is 92.5 cm³/mol. The Hall–Kier alpha value is -1.64. The van der Waals surface area contributed by atoms with Crippen molar-refractivity contribution in [1.29, 1.82) is 5.26 Å². The molecule has 0 saturated heterocycles. The van der Waals surface area contributed by atoms with Crippen molar-refractivity contribution in [3.05, 3.63) is 52.5 Å². The Balaban J connectivity index is 0.000000223. The van der Waals surface area contributed by atoms with Crippen LogP contribution in [0.15, 0.2) is 46.9 Å². The minimum absolute atomic E-state index is 0.0908. The van der Waals surface area contributed by atoms with Crippen molar-refractivity contribution >= 4 is 69.2 Å². The van der Waals surface area contributed by atoms with Crippen LogP contribution in [0.25, 0.3) is 11.2 Å². The molecule has 4 nitrogen and oxygen atoms in total. The van der Waals surface area contributed by atoms with Gasteiger partial charge in [-0.25, -0.2) is 4.90 Å². The van der Waals surface area contributed by atoms with Crippen molar-refractivity contribution < 1.29 is 9.21 Å². The smallest absolute Gasteiger partial charge is 0.273 e. The van der Waals surface area contributed by atoms with E-state index in [-0.39, 0.29) is 15.7 Å². The van der Waals surface area contributed by atoms with Crippen molar-refractivity contribution in [3.8, 4) is 6.19 Å². The van der Waals surface area contributed by atoms with E-state index in [1.165, 1.54) is 12.1 Å². The molecule has 8 heteroatoms. The molecule has 0 fully saturated rings. The molecule has 2 heterocycles. The molecule has 0 unspecified atom stereocenters. The molecule has 2 aromatic heterocycles. The number of hydrogen-bond acceptors (Lipinski definition) is 3. The number of rotatable bonds is 2. The van der Waals surface area contributed by atoms with Crippen LogP contribution >= 0.6 is 46.4 Å². The summed E-state index contributed by atoms with van der Waals surface area (Å²) in [6.45, 7) is 0. The average Bonchev–Trinajstić information content (AvgIpc) is 3.18. The van der Waals surface area contributed by atoms with E-state index in [1.807, 2.05) is 24.3 Å². The highest BCUT2D eigenvalue weighted by molar-refractivity contribution is 6.55. The van der Waals surface area contributed by atoms with Gasteiger partial charge in [0.05, 0.1) is 15.7 Å². The number of anilines is 1. The lowest BCUT2D eigenvalue weighted by molar-refractivity contribution is -0.116. The normalized spacial score (nSPS) is 10.3. The predicted octanol–water partition coefficient (Wildman–Crippen LogP) is 5.48. The lowest BCUT2D eigenvalue weighted by atomic mass is 10.3. The van der Waals surface area contributed by atoms with Crippen LogP contribution in [-0.2, 0) is 4.79 Å². The molecule has 0 atom stereocenters. The zero-order valence-electron chi connectivity index (χ0n) is 11.3. The highest BCUT2D eigenvalue weighted by atomic mass is 35.5. The number of furan rings is 2. The second-order valence-corrected chi connectivity index (χ2v) is 6.10. The van der Waals surface area contributed by atoms with Crippen LogP contribution in [0.5, 0.6) is 0 Å². The Morgan fingerprint density at radius 1 is 1.09 bits per heavy atom. The second kappa shape index (κ2) is 7.76. The van der Waals surface area contributed by atoms with Crippen molar-refractivity contribution in [2.45, 2.75) is 4.84 Å². The Morgan fingerprint density at radius 2 is 1.65 bits per heavy atom. The number of carbonyl (C=O) groups excluding carboxylic acids is 1. The summed E-state index contributed by atoms with van der Waals surface area (Å²) in [6, 6.07) is 12.4. The number of hydrogen-bond donors (Lipinski definition) is 0. The molecular formula is C15H8Cl4N2O2. The molecule has 23 heavy (non-hydrogen) atoms. The van der Waals surface area contributed by atoms with Gasteiger partial charge in [-0.2, -0.15) is 5.26 Å². The van der Waals surface area contributed by atoms with Gasteiger partial charge in [0.2, 0.25) is 0 Å². The summed E-state index contributed by atoms with van der Waals surface area (Å²) in [6.07, 6.45) is 1.64. The topological polar surface area (TPSA) is 57.2 Å². The first kappa shape index (κ1) is 17.7. The number of fused-ring (bicyclic) bond motifs is 2. The number of carbonyl (C=O) groups is 1. The summed E-state index contributed by atoms with van der Waals surface area (Å²) >= 11 is 22.4. The fraction of sp³-hybridized carbons (Fsp3) is 0.0667. The summed E-state index contributed by atoms with van der Waals surface area (Å²) in [5, 5.41) is 9.17. The van der Waals surface area contributed by atoms with Crippen LogP contribution in [0.3, 0.4) is 0 Å². The molecule has 2 bridgehead atoms. The van der Waals surface area contributed by atoms with Crippen molar-refractivity contribution in [3.63, 3.8) is 0 Å². The Kier molecular flexibility index (Phi) is 5.97. The maximum atomic E-state index is 11.5. The third-order valence-electron chi connectivity index (χ3n) is 2.74. The molecule has 0 spiro atoms. The Labute approximate surface area is 152 Å². The Morgan fingerprint density at radius 3 is 2.04 bits per heavy atom. The highest BCUT2D eigenvalue weighted by Gasteiger charge is 2.24. The summed E-state index contributed by atoms with van der Waals surface area (Å²) in [4.78, 5) is 10.8. The van der Waals surface area contributed by atoms with E-state index < -0.39 is 10.7 Å². The van der Waals surface area contributed by atoms with E-state index in [0.717, 1.165) is 11.2 Å².